The largest absolute Gasteiger partial charge is 0.474 e. The Morgan fingerprint density at radius 3 is 2.78 bits per heavy atom. The van der Waals surface area contributed by atoms with E-state index in [1.807, 2.05) is 43.6 Å². The van der Waals surface area contributed by atoms with Crippen molar-refractivity contribution in [1.82, 2.24) is 19.9 Å². The summed E-state index contributed by atoms with van der Waals surface area (Å²) in [6.07, 6.45) is 12.2. The van der Waals surface area contributed by atoms with Gasteiger partial charge in [-0.15, -0.1) is 0 Å². The molecule has 164 valence electrons. The number of fused-ring (bicyclic) bond motifs is 1. The molecule has 0 spiro atoms. The van der Waals surface area contributed by atoms with Crippen molar-refractivity contribution in [2.75, 3.05) is 0 Å². The van der Waals surface area contributed by atoms with Crippen LogP contribution in [0, 0.1) is 12.9 Å². The van der Waals surface area contributed by atoms with E-state index in [-0.39, 0.29) is 6.10 Å². The van der Waals surface area contributed by atoms with E-state index in [1.165, 1.54) is 12.8 Å². The minimum absolute atomic E-state index is 0.266. The summed E-state index contributed by atoms with van der Waals surface area (Å²) in [5.74, 6) is 0.297. The van der Waals surface area contributed by atoms with Crippen molar-refractivity contribution in [1.29, 1.82) is 0 Å². The molecular formula is C26H27FN4O. The van der Waals surface area contributed by atoms with Crippen molar-refractivity contribution in [3.8, 4) is 5.88 Å². The standard InChI is InChI=1S/C26H27FN4O/c1-17-13-23-20(16-30-25(23)29-15-17)14-19-9-11-21(31-24(19)27)10-8-18-5-4-12-28-26(18)32-22-6-2-3-7-22/h4-5,9,11-13,15-16,22H,2-3,6-8,10,14H2,1H3,(H,29,30). The molecule has 0 aromatic carbocycles. The van der Waals surface area contributed by atoms with Gasteiger partial charge in [0, 0.05) is 47.2 Å². The number of hydrogen-bond acceptors (Lipinski definition) is 4. The Morgan fingerprint density at radius 2 is 1.94 bits per heavy atom. The first-order valence-corrected chi connectivity index (χ1v) is 11.3. The number of halogens is 1. The first-order chi connectivity index (χ1) is 15.7. The Labute approximate surface area is 187 Å². The number of hydrogen-bond donors (Lipinski definition) is 1. The van der Waals surface area contributed by atoms with Gasteiger partial charge in [0.15, 0.2) is 0 Å². The van der Waals surface area contributed by atoms with Gasteiger partial charge in [0.25, 0.3) is 0 Å². The fourth-order valence-corrected chi connectivity index (χ4v) is 4.43. The summed E-state index contributed by atoms with van der Waals surface area (Å²) in [7, 11) is 0. The molecule has 0 unspecified atom stereocenters. The molecular weight excluding hydrogens is 403 g/mol. The highest BCUT2D eigenvalue weighted by molar-refractivity contribution is 5.80. The summed E-state index contributed by atoms with van der Waals surface area (Å²) in [5.41, 5.74) is 5.30. The zero-order valence-electron chi connectivity index (χ0n) is 18.3. The predicted molar refractivity (Wildman–Crippen MR) is 122 cm³/mol. The van der Waals surface area contributed by atoms with Crippen molar-refractivity contribution in [3.63, 3.8) is 0 Å². The highest BCUT2D eigenvalue weighted by atomic mass is 19.1. The molecule has 1 N–H and O–H groups in total. The molecule has 5 nitrogen and oxygen atoms in total. The van der Waals surface area contributed by atoms with Crippen molar-refractivity contribution in [3.05, 3.63) is 82.8 Å². The maximum atomic E-state index is 14.8. The number of rotatable bonds is 7. The van der Waals surface area contributed by atoms with Crippen LogP contribution in [0.5, 0.6) is 5.88 Å². The molecule has 1 aliphatic carbocycles. The van der Waals surface area contributed by atoms with E-state index in [4.69, 9.17) is 4.74 Å². The second-order valence-electron chi connectivity index (χ2n) is 8.64. The van der Waals surface area contributed by atoms with E-state index in [0.717, 1.165) is 52.7 Å². The Bertz CT molecular complexity index is 1230. The fourth-order valence-electron chi connectivity index (χ4n) is 4.43. The van der Waals surface area contributed by atoms with E-state index in [1.54, 1.807) is 6.20 Å². The van der Waals surface area contributed by atoms with Gasteiger partial charge >= 0.3 is 0 Å². The molecule has 4 aromatic rings. The van der Waals surface area contributed by atoms with Gasteiger partial charge in [0.1, 0.15) is 11.8 Å². The minimum atomic E-state index is -0.411. The lowest BCUT2D eigenvalue weighted by Crippen LogP contribution is -2.13. The van der Waals surface area contributed by atoms with Gasteiger partial charge in [-0.1, -0.05) is 12.1 Å². The first kappa shape index (κ1) is 20.6. The van der Waals surface area contributed by atoms with Gasteiger partial charge in [-0.3, -0.25) is 0 Å². The lowest BCUT2D eigenvalue weighted by molar-refractivity contribution is 0.199. The number of pyridine rings is 3. The van der Waals surface area contributed by atoms with Gasteiger partial charge in [-0.25, -0.2) is 15.0 Å². The Hall–Kier alpha value is -3.28. The Balaban J connectivity index is 1.27. The molecule has 0 saturated heterocycles. The second-order valence-corrected chi connectivity index (χ2v) is 8.64. The molecule has 1 aliphatic rings. The number of nitrogens with one attached hydrogen (secondary N) is 1. The number of aromatic nitrogens is 4. The Kier molecular flexibility index (Phi) is 5.84. The lowest BCUT2D eigenvalue weighted by Gasteiger charge is -2.15. The normalized spacial score (nSPS) is 14.3. The Morgan fingerprint density at radius 1 is 1.06 bits per heavy atom. The van der Waals surface area contributed by atoms with Crippen LogP contribution in [0.15, 0.2) is 48.9 Å². The highest BCUT2D eigenvalue weighted by Gasteiger charge is 2.18. The molecule has 1 fully saturated rings. The highest BCUT2D eigenvalue weighted by Crippen LogP contribution is 2.26. The summed E-state index contributed by atoms with van der Waals surface area (Å²) in [5, 5.41) is 1.03. The van der Waals surface area contributed by atoms with Gasteiger partial charge < -0.3 is 9.72 Å². The molecule has 5 rings (SSSR count). The molecule has 1 saturated carbocycles. The third kappa shape index (κ3) is 4.49. The molecule has 0 radical (unpaired) electrons. The summed E-state index contributed by atoms with van der Waals surface area (Å²) in [6.45, 7) is 2.01. The van der Waals surface area contributed by atoms with E-state index in [0.29, 0.717) is 24.3 Å². The van der Waals surface area contributed by atoms with Gasteiger partial charge in [0.2, 0.25) is 11.8 Å². The third-order valence-corrected chi connectivity index (χ3v) is 6.20. The average molecular weight is 431 g/mol. The first-order valence-electron chi connectivity index (χ1n) is 11.3. The van der Waals surface area contributed by atoms with Crippen LogP contribution < -0.4 is 4.74 Å². The number of nitrogens with zero attached hydrogens (tertiary/aromatic N) is 3. The molecule has 6 heteroatoms. The number of aryl methyl sites for hydroxylation is 3. The van der Waals surface area contributed by atoms with E-state index < -0.39 is 5.95 Å². The van der Waals surface area contributed by atoms with Crippen LogP contribution in [0.4, 0.5) is 4.39 Å². The van der Waals surface area contributed by atoms with Gasteiger partial charge in [-0.2, -0.15) is 4.39 Å². The van der Waals surface area contributed by atoms with E-state index in [9.17, 15) is 4.39 Å². The van der Waals surface area contributed by atoms with Crippen molar-refractivity contribution < 1.29 is 9.13 Å². The average Bonchev–Trinajstić information content (AvgIpc) is 3.45. The smallest absolute Gasteiger partial charge is 0.216 e. The fraction of sp³-hybridized carbons (Fsp3) is 0.346. The van der Waals surface area contributed by atoms with E-state index >= 15 is 0 Å². The van der Waals surface area contributed by atoms with Gasteiger partial charge in [-0.05, 0) is 74.8 Å². The SMILES string of the molecule is Cc1cnc2[nH]cc(Cc3ccc(CCc4cccnc4OC4CCCC4)nc3F)c2c1. The molecule has 32 heavy (non-hydrogen) atoms. The molecule has 4 heterocycles. The third-order valence-electron chi connectivity index (χ3n) is 6.20. The predicted octanol–water partition coefficient (Wildman–Crippen LogP) is 5.50. The molecule has 0 amide bonds. The lowest BCUT2D eigenvalue weighted by atomic mass is 10.0. The maximum Gasteiger partial charge on any atom is 0.216 e. The van der Waals surface area contributed by atoms with Crippen molar-refractivity contribution in [2.24, 2.45) is 0 Å². The van der Waals surface area contributed by atoms with Crippen molar-refractivity contribution in [2.45, 2.75) is 58.0 Å². The monoisotopic (exact) mass is 430 g/mol. The zero-order chi connectivity index (χ0) is 21.9. The number of aromatic amines is 1. The summed E-state index contributed by atoms with van der Waals surface area (Å²) < 4.78 is 20.9. The van der Waals surface area contributed by atoms with Crippen LogP contribution in [0.25, 0.3) is 11.0 Å². The molecule has 0 aliphatic heterocycles. The van der Waals surface area contributed by atoms with Crippen LogP contribution in [-0.4, -0.2) is 26.0 Å². The van der Waals surface area contributed by atoms with Gasteiger partial charge in [0.05, 0.1) is 0 Å². The summed E-state index contributed by atoms with van der Waals surface area (Å²) in [4.78, 5) is 16.2. The quantitative estimate of drug-likeness (QED) is 0.393. The number of H-pyrrole nitrogens is 1. The topological polar surface area (TPSA) is 63.7 Å². The van der Waals surface area contributed by atoms with Crippen LogP contribution >= 0.6 is 0 Å². The summed E-state index contributed by atoms with van der Waals surface area (Å²) >= 11 is 0. The van der Waals surface area contributed by atoms with Crippen LogP contribution in [0.2, 0.25) is 0 Å². The maximum absolute atomic E-state index is 14.8. The van der Waals surface area contributed by atoms with Crippen LogP contribution in [-0.2, 0) is 19.3 Å². The number of ether oxygens (including phenoxy) is 1. The summed E-state index contributed by atoms with van der Waals surface area (Å²) in [6, 6.07) is 9.80. The minimum Gasteiger partial charge on any atom is -0.474 e. The molecule has 4 aromatic heterocycles. The zero-order valence-corrected chi connectivity index (χ0v) is 18.3. The molecule has 0 atom stereocenters. The van der Waals surface area contributed by atoms with Crippen LogP contribution in [0.3, 0.4) is 0 Å². The van der Waals surface area contributed by atoms with Crippen molar-refractivity contribution >= 4 is 11.0 Å². The molecule has 0 bridgehead atoms. The van der Waals surface area contributed by atoms with Crippen LogP contribution in [0.1, 0.15) is 53.6 Å². The van der Waals surface area contributed by atoms with E-state index in [2.05, 4.69) is 26.0 Å². The second kappa shape index (κ2) is 9.07.